The third-order valence-electron chi connectivity index (χ3n) is 5.91. The topological polar surface area (TPSA) is 82.6 Å². The van der Waals surface area contributed by atoms with Gasteiger partial charge in [-0.1, -0.05) is 18.2 Å². The molecule has 0 atom stereocenters. The number of anilines is 1. The molecule has 0 saturated carbocycles. The van der Waals surface area contributed by atoms with E-state index in [2.05, 4.69) is 10.3 Å². The SMILES string of the molecule is COc1ccc(-c2cc(C(=O)Nc3nc(-c4ccc5c(c4)OCCO5)cs3)c3ccccc3n2)cc1. The van der Waals surface area contributed by atoms with E-state index >= 15 is 0 Å². The number of pyridine rings is 1. The maximum absolute atomic E-state index is 13.4. The number of nitrogens with one attached hydrogen (secondary N) is 1. The molecule has 1 N–H and O–H groups in total. The molecular weight excluding hydrogens is 474 g/mol. The van der Waals surface area contributed by atoms with Crippen molar-refractivity contribution in [1.29, 1.82) is 0 Å². The lowest BCUT2D eigenvalue weighted by Gasteiger charge is -2.18. The van der Waals surface area contributed by atoms with Gasteiger partial charge in [-0.3, -0.25) is 10.1 Å². The summed E-state index contributed by atoms with van der Waals surface area (Å²) in [7, 11) is 1.63. The van der Waals surface area contributed by atoms with Crippen LogP contribution >= 0.6 is 11.3 Å². The van der Waals surface area contributed by atoms with Gasteiger partial charge in [-0.25, -0.2) is 9.97 Å². The van der Waals surface area contributed by atoms with E-state index in [4.69, 9.17) is 19.2 Å². The van der Waals surface area contributed by atoms with E-state index in [0.717, 1.165) is 39.2 Å². The number of rotatable bonds is 5. The van der Waals surface area contributed by atoms with E-state index in [-0.39, 0.29) is 5.91 Å². The van der Waals surface area contributed by atoms with Crippen LogP contribution in [0.2, 0.25) is 0 Å². The van der Waals surface area contributed by atoms with Crippen molar-refractivity contribution in [1.82, 2.24) is 9.97 Å². The van der Waals surface area contributed by atoms with Gasteiger partial charge in [0.05, 0.1) is 29.6 Å². The Labute approximate surface area is 211 Å². The van der Waals surface area contributed by atoms with Gasteiger partial charge in [-0.15, -0.1) is 11.3 Å². The average Bonchev–Trinajstić information content (AvgIpc) is 3.40. The van der Waals surface area contributed by atoms with Crippen molar-refractivity contribution >= 4 is 33.3 Å². The molecule has 36 heavy (non-hydrogen) atoms. The van der Waals surface area contributed by atoms with Crippen molar-refractivity contribution in [3.63, 3.8) is 0 Å². The summed E-state index contributed by atoms with van der Waals surface area (Å²) in [6.07, 6.45) is 0. The molecule has 0 unspecified atom stereocenters. The molecule has 5 aromatic rings. The number of para-hydroxylation sites is 1. The van der Waals surface area contributed by atoms with Crippen LogP contribution in [0.1, 0.15) is 10.4 Å². The van der Waals surface area contributed by atoms with Gasteiger partial charge in [0.25, 0.3) is 5.91 Å². The first-order chi connectivity index (χ1) is 17.7. The second-order valence-electron chi connectivity index (χ2n) is 8.15. The predicted octanol–water partition coefficient (Wildman–Crippen LogP) is 6.06. The Morgan fingerprint density at radius 1 is 0.889 bits per heavy atom. The smallest absolute Gasteiger partial charge is 0.258 e. The Morgan fingerprint density at radius 3 is 2.50 bits per heavy atom. The van der Waals surface area contributed by atoms with E-state index in [1.54, 1.807) is 7.11 Å². The van der Waals surface area contributed by atoms with Crippen LogP contribution in [-0.2, 0) is 0 Å². The Morgan fingerprint density at radius 2 is 1.67 bits per heavy atom. The van der Waals surface area contributed by atoms with Crippen LogP contribution in [0, 0.1) is 0 Å². The minimum atomic E-state index is -0.244. The second-order valence-corrected chi connectivity index (χ2v) is 9.01. The van der Waals surface area contributed by atoms with Gasteiger partial charge < -0.3 is 14.2 Å². The van der Waals surface area contributed by atoms with Crippen LogP contribution in [-0.4, -0.2) is 36.2 Å². The fourth-order valence-corrected chi connectivity index (χ4v) is 4.82. The van der Waals surface area contributed by atoms with Gasteiger partial charge in [-0.2, -0.15) is 0 Å². The number of methoxy groups -OCH3 is 1. The summed E-state index contributed by atoms with van der Waals surface area (Å²) in [5.41, 5.74) is 4.52. The summed E-state index contributed by atoms with van der Waals surface area (Å²) < 4.78 is 16.5. The van der Waals surface area contributed by atoms with Crippen molar-refractivity contribution in [2.24, 2.45) is 0 Å². The molecule has 3 aromatic carbocycles. The van der Waals surface area contributed by atoms with E-state index in [1.807, 2.05) is 78.2 Å². The van der Waals surface area contributed by atoms with E-state index in [9.17, 15) is 4.79 Å². The van der Waals surface area contributed by atoms with Gasteiger partial charge in [-0.05, 0) is 54.6 Å². The monoisotopic (exact) mass is 495 g/mol. The summed E-state index contributed by atoms with van der Waals surface area (Å²) >= 11 is 1.37. The van der Waals surface area contributed by atoms with Gasteiger partial charge in [0.2, 0.25) is 0 Å². The van der Waals surface area contributed by atoms with Crippen LogP contribution in [0.4, 0.5) is 5.13 Å². The number of benzene rings is 3. The minimum absolute atomic E-state index is 0.244. The third kappa shape index (κ3) is 4.23. The normalized spacial score (nSPS) is 12.4. The van der Waals surface area contributed by atoms with Crippen LogP contribution in [0.25, 0.3) is 33.4 Å². The molecule has 3 heterocycles. The zero-order chi connectivity index (χ0) is 24.5. The lowest BCUT2D eigenvalue weighted by Crippen LogP contribution is -2.15. The van der Waals surface area contributed by atoms with Crippen LogP contribution in [0.5, 0.6) is 17.2 Å². The zero-order valence-corrected chi connectivity index (χ0v) is 20.2. The average molecular weight is 496 g/mol. The highest BCUT2D eigenvalue weighted by Crippen LogP contribution is 2.35. The number of fused-ring (bicyclic) bond motifs is 2. The first-order valence-electron chi connectivity index (χ1n) is 11.4. The highest BCUT2D eigenvalue weighted by Gasteiger charge is 2.17. The fraction of sp³-hybridized carbons (Fsp3) is 0.107. The Kier molecular flexibility index (Phi) is 5.71. The summed E-state index contributed by atoms with van der Waals surface area (Å²) in [6.45, 7) is 1.07. The van der Waals surface area contributed by atoms with Crippen LogP contribution in [0.15, 0.2) is 78.2 Å². The van der Waals surface area contributed by atoms with E-state index in [1.165, 1.54) is 11.3 Å². The Bertz CT molecular complexity index is 1580. The highest BCUT2D eigenvalue weighted by atomic mass is 32.1. The van der Waals surface area contributed by atoms with Crippen molar-refractivity contribution in [3.05, 3.63) is 83.7 Å². The summed E-state index contributed by atoms with van der Waals surface area (Å²) in [5, 5.41) is 6.16. The molecule has 0 aliphatic carbocycles. The van der Waals surface area contributed by atoms with Crippen molar-refractivity contribution < 1.29 is 19.0 Å². The van der Waals surface area contributed by atoms with Gasteiger partial charge in [0, 0.05) is 21.9 Å². The number of aromatic nitrogens is 2. The maximum Gasteiger partial charge on any atom is 0.258 e. The first-order valence-corrected chi connectivity index (χ1v) is 12.3. The molecule has 0 saturated heterocycles. The van der Waals surface area contributed by atoms with Crippen molar-refractivity contribution in [3.8, 4) is 39.8 Å². The molecule has 1 aliphatic rings. The zero-order valence-electron chi connectivity index (χ0n) is 19.4. The van der Waals surface area contributed by atoms with Crippen molar-refractivity contribution in [2.75, 3.05) is 25.6 Å². The van der Waals surface area contributed by atoms with E-state index < -0.39 is 0 Å². The number of thiazole rings is 1. The number of carbonyl (C=O) groups excluding carboxylic acids is 1. The summed E-state index contributed by atoms with van der Waals surface area (Å²) in [5.74, 6) is 1.94. The van der Waals surface area contributed by atoms with Gasteiger partial charge in [0.15, 0.2) is 16.6 Å². The third-order valence-corrected chi connectivity index (χ3v) is 6.67. The quantitative estimate of drug-likeness (QED) is 0.319. The number of ether oxygens (including phenoxy) is 3. The summed E-state index contributed by atoms with van der Waals surface area (Å²) in [4.78, 5) is 22.8. The van der Waals surface area contributed by atoms with Gasteiger partial charge in [0.1, 0.15) is 19.0 Å². The number of amides is 1. The standard InChI is InChI=1S/C28H21N3O4S/c1-33-19-9-6-17(7-10-19)23-15-21(20-4-2-3-5-22(20)29-23)27(32)31-28-30-24(16-36-28)18-8-11-25-26(14-18)35-13-12-34-25/h2-11,14-16H,12-13H2,1H3,(H,30,31,32). The molecule has 1 aliphatic heterocycles. The Balaban J connectivity index is 1.30. The molecule has 0 spiro atoms. The van der Waals surface area contributed by atoms with Crippen LogP contribution in [0.3, 0.4) is 0 Å². The molecule has 2 aromatic heterocycles. The molecule has 6 rings (SSSR count). The second kappa shape index (κ2) is 9.31. The molecule has 8 heteroatoms. The Hall–Kier alpha value is -4.43. The summed E-state index contributed by atoms with van der Waals surface area (Å²) in [6, 6.07) is 22.8. The number of hydrogen-bond donors (Lipinski definition) is 1. The van der Waals surface area contributed by atoms with Crippen LogP contribution < -0.4 is 19.5 Å². The van der Waals surface area contributed by atoms with Gasteiger partial charge >= 0.3 is 0 Å². The number of carbonyl (C=O) groups is 1. The fourth-order valence-electron chi connectivity index (χ4n) is 4.10. The minimum Gasteiger partial charge on any atom is -0.497 e. The van der Waals surface area contributed by atoms with Crippen molar-refractivity contribution in [2.45, 2.75) is 0 Å². The molecule has 0 radical (unpaired) electrons. The number of nitrogens with zero attached hydrogens (tertiary/aromatic N) is 2. The molecule has 0 bridgehead atoms. The largest absolute Gasteiger partial charge is 0.497 e. The molecule has 7 nitrogen and oxygen atoms in total. The lowest BCUT2D eigenvalue weighted by molar-refractivity contribution is 0.102. The van der Waals surface area contributed by atoms with E-state index in [0.29, 0.717) is 35.4 Å². The maximum atomic E-state index is 13.4. The molecular formula is C28H21N3O4S. The molecule has 1 amide bonds. The predicted molar refractivity (Wildman–Crippen MR) is 140 cm³/mol. The first kappa shape index (κ1) is 22.1. The number of hydrogen-bond acceptors (Lipinski definition) is 7. The molecule has 0 fully saturated rings. The lowest BCUT2D eigenvalue weighted by atomic mass is 10.0. The highest BCUT2D eigenvalue weighted by molar-refractivity contribution is 7.14. The molecule has 178 valence electrons.